The molecule has 0 radical (unpaired) electrons. The molecular formula is C29H24F2N8O. The number of carbonyl (C=O) groups is 1. The van der Waals surface area contributed by atoms with Gasteiger partial charge in [-0.25, -0.2) is 28.8 Å². The summed E-state index contributed by atoms with van der Waals surface area (Å²) in [5.41, 5.74) is 4.19. The van der Waals surface area contributed by atoms with Crippen molar-refractivity contribution >= 4 is 11.4 Å². The van der Waals surface area contributed by atoms with Gasteiger partial charge in [-0.05, 0) is 55.8 Å². The summed E-state index contributed by atoms with van der Waals surface area (Å²) in [6.45, 7) is 3.44. The van der Waals surface area contributed by atoms with E-state index in [9.17, 15) is 13.6 Å². The molecule has 0 aliphatic rings. The highest BCUT2D eigenvalue weighted by Crippen LogP contribution is 2.31. The van der Waals surface area contributed by atoms with Gasteiger partial charge in [0.15, 0.2) is 11.4 Å². The number of hydrogen-bond acceptors (Lipinski definition) is 6. The second kappa shape index (κ2) is 10.6. The van der Waals surface area contributed by atoms with Gasteiger partial charge in [-0.15, -0.1) is 0 Å². The number of imidazole rings is 3. The van der Waals surface area contributed by atoms with Gasteiger partial charge in [-0.2, -0.15) is 9.49 Å². The maximum Gasteiger partial charge on any atom is 0.213 e. The third kappa shape index (κ3) is 5.13. The monoisotopic (exact) mass is 538 g/mol. The number of aryl methyl sites for hydroxylation is 3. The lowest BCUT2D eigenvalue weighted by molar-refractivity contribution is 0.0991. The van der Waals surface area contributed by atoms with Crippen LogP contribution in [0.2, 0.25) is 0 Å². The Hall–Kier alpha value is -5.06. The van der Waals surface area contributed by atoms with Gasteiger partial charge in [0, 0.05) is 48.9 Å². The summed E-state index contributed by atoms with van der Waals surface area (Å²) in [6.07, 6.45) is 9.29. The predicted octanol–water partition coefficient (Wildman–Crippen LogP) is 4.95. The minimum atomic E-state index is -0.708. The van der Waals surface area contributed by atoms with E-state index >= 15 is 0 Å². The fourth-order valence-electron chi connectivity index (χ4n) is 4.68. The van der Waals surface area contributed by atoms with Gasteiger partial charge in [0.25, 0.3) is 0 Å². The number of aromatic nitrogens is 8. The fourth-order valence-corrected chi connectivity index (χ4v) is 4.68. The van der Waals surface area contributed by atoms with E-state index in [1.807, 2.05) is 29.8 Å². The van der Waals surface area contributed by atoms with Gasteiger partial charge >= 0.3 is 0 Å². The van der Waals surface area contributed by atoms with E-state index in [0.717, 1.165) is 36.1 Å². The second-order valence-corrected chi connectivity index (χ2v) is 9.38. The lowest BCUT2D eigenvalue weighted by Gasteiger charge is -2.11. The summed E-state index contributed by atoms with van der Waals surface area (Å²) < 4.78 is 32.9. The molecular weight excluding hydrogens is 514 g/mol. The molecule has 0 aliphatic heterocycles. The number of fused-ring (bicyclic) bond motifs is 1. The normalized spacial score (nSPS) is 11.4. The molecule has 0 N–H and O–H groups in total. The molecule has 0 amide bonds. The predicted molar refractivity (Wildman–Crippen MR) is 143 cm³/mol. The first-order chi connectivity index (χ1) is 19.4. The van der Waals surface area contributed by atoms with Crippen LogP contribution in [0.25, 0.3) is 28.3 Å². The molecule has 0 bridgehead atoms. The second-order valence-electron chi connectivity index (χ2n) is 9.38. The molecule has 6 aromatic rings. The van der Waals surface area contributed by atoms with Crippen molar-refractivity contribution < 1.29 is 13.6 Å². The zero-order chi connectivity index (χ0) is 27.6. The Morgan fingerprint density at radius 1 is 0.925 bits per heavy atom. The third-order valence-electron chi connectivity index (χ3n) is 6.68. The molecule has 0 spiro atoms. The Kier molecular flexibility index (Phi) is 6.69. The molecule has 5 aromatic heterocycles. The molecule has 11 heteroatoms. The third-order valence-corrected chi connectivity index (χ3v) is 6.68. The van der Waals surface area contributed by atoms with Gasteiger partial charge in [-0.1, -0.05) is 0 Å². The largest absolute Gasteiger partial charge is 0.335 e. The van der Waals surface area contributed by atoms with Crippen molar-refractivity contribution in [3.05, 3.63) is 108 Å². The quantitative estimate of drug-likeness (QED) is 0.191. The summed E-state index contributed by atoms with van der Waals surface area (Å²) in [4.78, 5) is 29.6. The van der Waals surface area contributed by atoms with Crippen molar-refractivity contribution in [3.8, 4) is 22.6 Å². The standard InChI is InChI=1S/C29H24F2N8O/c1-19-32-11-14-37(19)12-2-13-38-18-34-28(20-3-5-22(30)6-4-20)29(38)24-7-8-27-35-23(17-39(27)36-24)16-25(40)21-9-10-33-26(31)15-21/h3-11,14-15,17-18H,2,12-13,16H2,1H3. The SMILES string of the molecule is Cc1nccn1CCCn1cnc(-c2ccc(F)cc2)c1-c1ccc2nc(CC(=O)c3ccnc(F)c3)cn2n1. The zero-order valence-corrected chi connectivity index (χ0v) is 21.6. The van der Waals surface area contributed by atoms with Crippen LogP contribution < -0.4 is 0 Å². The van der Waals surface area contributed by atoms with Gasteiger partial charge in [-0.3, -0.25) is 4.79 Å². The number of hydrogen-bond donors (Lipinski definition) is 0. The number of halogens is 2. The van der Waals surface area contributed by atoms with E-state index in [1.165, 1.54) is 24.4 Å². The lowest BCUT2D eigenvalue weighted by Crippen LogP contribution is -2.06. The van der Waals surface area contributed by atoms with Gasteiger partial charge in [0.1, 0.15) is 17.3 Å². The summed E-state index contributed by atoms with van der Waals surface area (Å²) in [6, 6.07) is 12.5. The number of ketones is 1. The maximum atomic E-state index is 13.7. The average Bonchev–Trinajstić information content (AvgIpc) is 3.67. The number of nitrogens with zero attached hydrogens (tertiary/aromatic N) is 8. The topological polar surface area (TPSA) is 95.8 Å². The van der Waals surface area contributed by atoms with Crippen molar-refractivity contribution in [1.29, 1.82) is 0 Å². The molecule has 0 aliphatic carbocycles. The van der Waals surface area contributed by atoms with Gasteiger partial charge in [0.05, 0.1) is 36.0 Å². The molecule has 0 saturated heterocycles. The smallest absolute Gasteiger partial charge is 0.213 e. The van der Waals surface area contributed by atoms with E-state index in [4.69, 9.17) is 5.10 Å². The van der Waals surface area contributed by atoms with Crippen LogP contribution >= 0.6 is 0 Å². The summed E-state index contributed by atoms with van der Waals surface area (Å²) >= 11 is 0. The number of carbonyl (C=O) groups excluding carboxylic acids is 1. The molecule has 6 rings (SSSR count). The van der Waals surface area contributed by atoms with Crippen molar-refractivity contribution in [3.63, 3.8) is 0 Å². The van der Waals surface area contributed by atoms with E-state index in [-0.39, 0.29) is 23.6 Å². The lowest BCUT2D eigenvalue weighted by atomic mass is 10.1. The molecule has 200 valence electrons. The average molecular weight is 539 g/mol. The number of rotatable bonds is 9. The van der Waals surface area contributed by atoms with E-state index in [0.29, 0.717) is 29.3 Å². The highest BCUT2D eigenvalue weighted by molar-refractivity contribution is 5.97. The Labute approximate surface area is 227 Å². The van der Waals surface area contributed by atoms with Crippen LogP contribution in [0.15, 0.2) is 79.6 Å². The minimum absolute atomic E-state index is 0.00538. The van der Waals surface area contributed by atoms with Crippen LogP contribution in [0.1, 0.15) is 28.3 Å². The van der Waals surface area contributed by atoms with Crippen LogP contribution in [0, 0.1) is 18.7 Å². The van der Waals surface area contributed by atoms with E-state index in [1.54, 1.807) is 35.4 Å². The number of Topliss-reactive ketones (excluding diaryl/α,β-unsaturated/α-hetero) is 1. The van der Waals surface area contributed by atoms with Crippen molar-refractivity contribution in [2.45, 2.75) is 32.9 Å². The maximum absolute atomic E-state index is 13.7. The molecule has 0 fully saturated rings. The van der Waals surface area contributed by atoms with Crippen LogP contribution in [-0.4, -0.2) is 44.5 Å². The zero-order valence-electron chi connectivity index (χ0n) is 21.6. The molecule has 0 unspecified atom stereocenters. The van der Waals surface area contributed by atoms with Crippen molar-refractivity contribution in [2.24, 2.45) is 0 Å². The molecule has 5 heterocycles. The Balaban J connectivity index is 1.32. The first-order valence-corrected chi connectivity index (χ1v) is 12.7. The van der Waals surface area contributed by atoms with Crippen LogP contribution in [0.3, 0.4) is 0 Å². The van der Waals surface area contributed by atoms with Crippen LogP contribution in [0.5, 0.6) is 0 Å². The highest BCUT2D eigenvalue weighted by Gasteiger charge is 2.18. The van der Waals surface area contributed by atoms with Crippen LogP contribution in [-0.2, 0) is 19.5 Å². The van der Waals surface area contributed by atoms with E-state index < -0.39 is 5.95 Å². The number of pyridine rings is 1. The van der Waals surface area contributed by atoms with Crippen LogP contribution in [0.4, 0.5) is 8.78 Å². The highest BCUT2D eigenvalue weighted by atomic mass is 19.1. The Bertz CT molecular complexity index is 1820. The summed E-state index contributed by atoms with van der Waals surface area (Å²) in [7, 11) is 0. The number of benzene rings is 1. The molecule has 9 nitrogen and oxygen atoms in total. The Morgan fingerprint density at radius 2 is 1.75 bits per heavy atom. The van der Waals surface area contributed by atoms with Crippen molar-refractivity contribution in [1.82, 2.24) is 38.7 Å². The van der Waals surface area contributed by atoms with Gasteiger partial charge in [0.2, 0.25) is 5.95 Å². The molecule has 0 saturated carbocycles. The fraction of sp³-hybridized carbons (Fsp3) is 0.172. The van der Waals surface area contributed by atoms with Crippen molar-refractivity contribution in [2.75, 3.05) is 0 Å². The Morgan fingerprint density at radius 3 is 2.52 bits per heavy atom. The minimum Gasteiger partial charge on any atom is -0.335 e. The first kappa shape index (κ1) is 25.2. The summed E-state index contributed by atoms with van der Waals surface area (Å²) in [5.74, 6) is -0.348. The molecule has 40 heavy (non-hydrogen) atoms. The molecule has 0 atom stereocenters. The first-order valence-electron chi connectivity index (χ1n) is 12.7. The molecule has 1 aromatic carbocycles. The van der Waals surface area contributed by atoms with Gasteiger partial charge < -0.3 is 9.13 Å². The van der Waals surface area contributed by atoms with E-state index in [2.05, 4.69) is 24.5 Å². The summed E-state index contributed by atoms with van der Waals surface area (Å²) in [5, 5.41) is 4.79.